The van der Waals surface area contributed by atoms with Gasteiger partial charge in [0.15, 0.2) is 11.5 Å². The van der Waals surface area contributed by atoms with E-state index in [2.05, 4.69) is 26.3 Å². The molecule has 4 rings (SSSR count). The summed E-state index contributed by atoms with van der Waals surface area (Å²) < 4.78 is 10.8. The van der Waals surface area contributed by atoms with Crippen molar-refractivity contribution >= 4 is 16.7 Å². The van der Waals surface area contributed by atoms with Crippen LogP contribution in [0, 0.1) is 0 Å². The molecule has 0 saturated carbocycles. The lowest BCUT2D eigenvalue weighted by Gasteiger charge is -2.11. The van der Waals surface area contributed by atoms with Crippen LogP contribution in [-0.4, -0.2) is 36.2 Å². The second-order valence-electron chi connectivity index (χ2n) is 6.21. The Balaban J connectivity index is 1.85. The van der Waals surface area contributed by atoms with Crippen molar-refractivity contribution in [2.75, 3.05) is 26.6 Å². The molecule has 2 heterocycles. The number of methoxy groups -OCH3 is 2. The molecule has 2 aromatic heterocycles. The quantitative estimate of drug-likeness (QED) is 0.559. The fraction of sp³-hybridized carbons (Fsp3) is 0.136. The third kappa shape index (κ3) is 3.20. The van der Waals surface area contributed by atoms with Gasteiger partial charge in [-0.2, -0.15) is 0 Å². The molecule has 0 aliphatic rings. The van der Waals surface area contributed by atoms with Crippen molar-refractivity contribution in [1.82, 2.24) is 15.0 Å². The number of benzene rings is 2. The highest BCUT2D eigenvalue weighted by Crippen LogP contribution is 2.35. The van der Waals surface area contributed by atoms with Crippen LogP contribution >= 0.6 is 0 Å². The predicted octanol–water partition coefficient (Wildman–Crippen LogP) is 4.42. The Labute approximate surface area is 163 Å². The van der Waals surface area contributed by atoms with E-state index >= 15 is 0 Å². The number of anilines is 1. The van der Waals surface area contributed by atoms with E-state index in [4.69, 9.17) is 9.47 Å². The van der Waals surface area contributed by atoms with Crippen molar-refractivity contribution in [3.63, 3.8) is 0 Å². The van der Waals surface area contributed by atoms with E-state index in [-0.39, 0.29) is 0 Å². The van der Waals surface area contributed by atoms with Crippen molar-refractivity contribution in [2.45, 2.75) is 0 Å². The first-order valence-electron chi connectivity index (χ1n) is 8.85. The summed E-state index contributed by atoms with van der Waals surface area (Å²) in [6.07, 6.45) is 3.43. The molecule has 1 N–H and O–H groups in total. The first kappa shape index (κ1) is 17.7. The minimum absolute atomic E-state index is 0.662. The van der Waals surface area contributed by atoms with E-state index in [1.54, 1.807) is 20.5 Å². The average Bonchev–Trinajstić information content (AvgIpc) is 2.78. The standard InChI is InChI=1S/C22H20N4O2/c1-23-21-9-6-16(12-24-21)14-4-7-18-17(10-14)22(26-13-25-18)15-5-8-19(27-2)20(11-15)28-3/h4-13H,1-3H3,(H,23,24). The maximum atomic E-state index is 5.44. The molecule has 6 nitrogen and oxygen atoms in total. The fourth-order valence-corrected chi connectivity index (χ4v) is 3.16. The molecule has 0 atom stereocenters. The van der Waals surface area contributed by atoms with E-state index in [1.807, 2.05) is 55.7 Å². The molecule has 0 spiro atoms. The van der Waals surface area contributed by atoms with Crippen LogP contribution in [0.15, 0.2) is 61.1 Å². The van der Waals surface area contributed by atoms with Gasteiger partial charge in [-0.1, -0.05) is 6.07 Å². The number of nitrogens with one attached hydrogen (secondary N) is 1. The summed E-state index contributed by atoms with van der Waals surface area (Å²) in [7, 11) is 5.10. The molecule has 0 aliphatic carbocycles. The predicted molar refractivity (Wildman–Crippen MR) is 111 cm³/mol. The van der Waals surface area contributed by atoms with Crippen LogP contribution in [-0.2, 0) is 0 Å². The average molecular weight is 372 g/mol. The molecule has 140 valence electrons. The van der Waals surface area contributed by atoms with Crippen molar-refractivity contribution in [1.29, 1.82) is 0 Å². The third-order valence-electron chi connectivity index (χ3n) is 4.65. The second-order valence-corrected chi connectivity index (χ2v) is 6.21. The number of nitrogens with zero attached hydrogens (tertiary/aromatic N) is 3. The summed E-state index contributed by atoms with van der Waals surface area (Å²) >= 11 is 0. The number of rotatable bonds is 5. The first-order valence-corrected chi connectivity index (χ1v) is 8.85. The third-order valence-corrected chi connectivity index (χ3v) is 4.65. The van der Waals surface area contributed by atoms with Crippen LogP contribution in [0.25, 0.3) is 33.3 Å². The molecule has 0 fully saturated rings. The van der Waals surface area contributed by atoms with Crippen LogP contribution in [0.3, 0.4) is 0 Å². The summed E-state index contributed by atoms with van der Waals surface area (Å²) in [4.78, 5) is 13.4. The lowest BCUT2D eigenvalue weighted by molar-refractivity contribution is 0.355. The minimum atomic E-state index is 0.662. The molecule has 2 aromatic carbocycles. The highest BCUT2D eigenvalue weighted by atomic mass is 16.5. The second kappa shape index (κ2) is 7.52. The summed E-state index contributed by atoms with van der Waals surface area (Å²) in [5.74, 6) is 2.18. The van der Waals surface area contributed by atoms with Gasteiger partial charge in [0.1, 0.15) is 12.1 Å². The zero-order chi connectivity index (χ0) is 19.5. The number of aromatic nitrogens is 3. The Morgan fingerprint density at radius 1 is 0.750 bits per heavy atom. The van der Waals surface area contributed by atoms with Gasteiger partial charge in [0.05, 0.1) is 25.4 Å². The fourth-order valence-electron chi connectivity index (χ4n) is 3.16. The van der Waals surface area contributed by atoms with Gasteiger partial charge in [0, 0.05) is 29.8 Å². The summed E-state index contributed by atoms with van der Waals surface area (Å²) in [6, 6.07) is 15.9. The summed E-state index contributed by atoms with van der Waals surface area (Å²) in [6.45, 7) is 0. The largest absolute Gasteiger partial charge is 0.493 e. The van der Waals surface area contributed by atoms with Crippen molar-refractivity contribution in [3.8, 4) is 33.9 Å². The van der Waals surface area contributed by atoms with Crippen molar-refractivity contribution in [2.24, 2.45) is 0 Å². The Bertz CT molecular complexity index is 1130. The van der Waals surface area contributed by atoms with Gasteiger partial charge in [-0.25, -0.2) is 15.0 Å². The molecule has 0 amide bonds. The summed E-state index contributed by atoms with van der Waals surface area (Å²) in [5, 5.41) is 4.00. The zero-order valence-corrected chi connectivity index (χ0v) is 15.9. The van der Waals surface area contributed by atoms with Gasteiger partial charge < -0.3 is 14.8 Å². The van der Waals surface area contributed by atoms with Crippen LogP contribution in [0.4, 0.5) is 5.82 Å². The van der Waals surface area contributed by atoms with Crippen molar-refractivity contribution < 1.29 is 9.47 Å². The van der Waals surface area contributed by atoms with Crippen LogP contribution in [0.2, 0.25) is 0 Å². The molecule has 0 bridgehead atoms. The molecular weight excluding hydrogens is 352 g/mol. The Hall–Kier alpha value is -3.67. The molecule has 28 heavy (non-hydrogen) atoms. The Morgan fingerprint density at radius 2 is 1.54 bits per heavy atom. The van der Waals surface area contributed by atoms with Gasteiger partial charge in [-0.3, -0.25) is 0 Å². The first-order chi connectivity index (χ1) is 13.7. The van der Waals surface area contributed by atoms with E-state index in [9.17, 15) is 0 Å². The van der Waals surface area contributed by atoms with Crippen molar-refractivity contribution in [3.05, 3.63) is 61.1 Å². The highest BCUT2D eigenvalue weighted by Gasteiger charge is 2.12. The van der Waals surface area contributed by atoms with E-state index < -0.39 is 0 Å². The maximum absolute atomic E-state index is 5.44. The van der Waals surface area contributed by atoms with E-state index in [0.29, 0.717) is 11.5 Å². The monoisotopic (exact) mass is 372 g/mol. The lowest BCUT2D eigenvalue weighted by Crippen LogP contribution is -1.94. The molecule has 0 radical (unpaired) electrons. The number of fused-ring (bicyclic) bond motifs is 1. The highest BCUT2D eigenvalue weighted by molar-refractivity contribution is 5.95. The molecule has 0 aliphatic heterocycles. The Kier molecular flexibility index (Phi) is 4.76. The number of pyridine rings is 1. The van der Waals surface area contributed by atoms with Gasteiger partial charge in [-0.15, -0.1) is 0 Å². The Morgan fingerprint density at radius 3 is 2.25 bits per heavy atom. The van der Waals surface area contributed by atoms with Crippen LogP contribution in [0.1, 0.15) is 0 Å². The smallest absolute Gasteiger partial charge is 0.161 e. The zero-order valence-electron chi connectivity index (χ0n) is 15.9. The van der Waals surface area contributed by atoms with Crippen LogP contribution in [0.5, 0.6) is 11.5 Å². The molecular formula is C22H20N4O2. The minimum Gasteiger partial charge on any atom is -0.493 e. The summed E-state index contributed by atoms with van der Waals surface area (Å²) in [5.41, 5.74) is 4.74. The van der Waals surface area contributed by atoms with Gasteiger partial charge in [0.2, 0.25) is 0 Å². The van der Waals surface area contributed by atoms with Crippen LogP contribution < -0.4 is 14.8 Å². The molecule has 0 unspecified atom stereocenters. The number of hydrogen-bond acceptors (Lipinski definition) is 6. The van der Waals surface area contributed by atoms with Gasteiger partial charge in [0.25, 0.3) is 0 Å². The van der Waals surface area contributed by atoms with E-state index in [1.165, 1.54) is 0 Å². The van der Waals surface area contributed by atoms with Gasteiger partial charge in [-0.05, 0) is 48.0 Å². The van der Waals surface area contributed by atoms with E-state index in [0.717, 1.165) is 39.1 Å². The topological polar surface area (TPSA) is 69.2 Å². The van der Waals surface area contributed by atoms with Gasteiger partial charge >= 0.3 is 0 Å². The number of hydrogen-bond donors (Lipinski definition) is 1. The normalized spacial score (nSPS) is 10.7. The SMILES string of the molecule is CNc1ccc(-c2ccc3ncnc(-c4ccc(OC)c(OC)c4)c3c2)cn1. The number of ether oxygens (including phenoxy) is 2. The molecule has 6 heteroatoms. The molecule has 4 aromatic rings. The maximum Gasteiger partial charge on any atom is 0.161 e. The lowest BCUT2D eigenvalue weighted by atomic mass is 10.0. The molecule has 0 saturated heterocycles.